The van der Waals surface area contributed by atoms with E-state index in [0.717, 1.165) is 12.5 Å². The Hall–Kier alpha value is 0.511. The minimum Gasteiger partial charge on any atom is -0.497 e. The fourth-order valence-electron chi connectivity index (χ4n) is 1.62. The van der Waals surface area contributed by atoms with Crippen molar-refractivity contribution in [1.29, 1.82) is 0 Å². The molecular formula is C11H13BF3KO. The number of ether oxygens (including phenoxy) is 1. The molecule has 1 fully saturated rings. The topological polar surface area (TPSA) is 9.23 Å². The third-order valence-corrected chi connectivity index (χ3v) is 2.75. The molecule has 0 saturated heterocycles. The van der Waals surface area contributed by atoms with Crippen LogP contribution < -0.4 is 61.6 Å². The van der Waals surface area contributed by atoms with E-state index >= 15 is 0 Å². The van der Waals surface area contributed by atoms with E-state index in [9.17, 15) is 12.9 Å². The van der Waals surface area contributed by atoms with Gasteiger partial charge in [-0.25, -0.2) is 0 Å². The van der Waals surface area contributed by atoms with Crippen molar-refractivity contribution in [3.63, 3.8) is 0 Å². The molecule has 17 heavy (non-hydrogen) atoms. The molecule has 1 aliphatic carbocycles. The van der Waals surface area contributed by atoms with Gasteiger partial charge in [-0.05, 0) is 18.4 Å². The van der Waals surface area contributed by atoms with Crippen LogP contribution in [0.25, 0.3) is 0 Å². The minimum absolute atomic E-state index is 0. The molecular weight excluding hydrogens is 255 g/mol. The molecule has 0 N–H and O–H groups in total. The summed E-state index contributed by atoms with van der Waals surface area (Å²) in [5, 5.41) is 0. The second-order valence-electron chi connectivity index (χ2n) is 4.19. The van der Waals surface area contributed by atoms with Crippen LogP contribution in [-0.4, -0.2) is 13.6 Å². The van der Waals surface area contributed by atoms with Gasteiger partial charge in [-0.15, -0.1) is 0 Å². The van der Waals surface area contributed by atoms with E-state index in [-0.39, 0.29) is 57.1 Å². The van der Waals surface area contributed by atoms with E-state index in [1.165, 1.54) is 25.0 Å². The first-order valence-electron chi connectivity index (χ1n) is 5.49. The van der Waals surface area contributed by atoms with Gasteiger partial charge in [0.15, 0.2) is 0 Å². The van der Waals surface area contributed by atoms with E-state index in [1.54, 1.807) is 6.07 Å². The monoisotopic (exact) mass is 268 g/mol. The van der Waals surface area contributed by atoms with Crippen molar-refractivity contribution in [2.75, 3.05) is 6.61 Å². The van der Waals surface area contributed by atoms with Gasteiger partial charge in [-0.3, -0.25) is 0 Å². The maximum absolute atomic E-state index is 12.6. The van der Waals surface area contributed by atoms with E-state index in [0.29, 0.717) is 12.5 Å². The van der Waals surface area contributed by atoms with Crippen molar-refractivity contribution in [2.24, 2.45) is 5.92 Å². The summed E-state index contributed by atoms with van der Waals surface area (Å²) in [6.07, 6.45) is 3.24. The van der Waals surface area contributed by atoms with Crippen molar-refractivity contribution in [1.82, 2.24) is 0 Å². The number of hydrogen-bond donors (Lipinski definition) is 0. The second-order valence-corrected chi connectivity index (χ2v) is 4.19. The van der Waals surface area contributed by atoms with Crippen LogP contribution in [-0.2, 0) is 0 Å². The standard InChI is InChI=1S/C11H13BF3O.K/c13-12(14,15)10-3-1-2-4-11(10)16-8-7-9-5-6-9;/h1-4,9H,5-8H2;/q-1;+1. The molecule has 0 heterocycles. The molecule has 0 aliphatic heterocycles. The second kappa shape index (κ2) is 6.61. The van der Waals surface area contributed by atoms with Crippen LogP contribution in [0.3, 0.4) is 0 Å². The molecule has 0 radical (unpaired) electrons. The third kappa shape index (κ3) is 4.95. The Bertz CT molecular complexity index is 366. The van der Waals surface area contributed by atoms with Gasteiger partial charge in [0.25, 0.3) is 0 Å². The average molecular weight is 268 g/mol. The Morgan fingerprint density at radius 3 is 2.41 bits per heavy atom. The Morgan fingerprint density at radius 1 is 1.18 bits per heavy atom. The van der Waals surface area contributed by atoms with Crippen molar-refractivity contribution in [3.8, 4) is 5.75 Å². The van der Waals surface area contributed by atoms with Crippen molar-refractivity contribution in [2.45, 2.75) is 19.3 Å². The van der Waals surface area contributed by atoms with Crippen molar-refractivity contribution in [3.05, 3.63) is 24.3 Å². The van der Waals surface area contributed by atoms with Gasteiger partial charge in [0.2, 0.25) is 0 Å². The summed E-state index contributed by atoms with van der Waals surface area (Å²) in [6, 6.07) is 5.42. The summed E-state index contributed by atoms with van der Waals surface area (Å²) in [5.41, 5.74) is -0.627. The van der Waals surface area contributed by atoms with Gasteiger partial charge in [0, 0.05) is 0 Å². The summed E-state index contributed by atoms with van der Waals surface area (Å²) in [6.45, 7) is -4.60. The van der Waals surface area contributed by atoms with E-state index in [2.05, 4.69) is 0 Å². The predicted octanol–water partition coefficient (Wildman–Crippen LogP) is -0.0761. The minimum atomic E-state index is -4.98. The first-order chi connectivity index (χ1) is 7.57. The van der Waals surface area contributed by atoms with E-state index in [1.807, 2.05) is 0 Å². The van der Waals surface area contributed by atoms with Gasteiger partial charge in [0.1, 0.15) is 0 Å². The third-order valence-electron chi connectivity index (χ3n) is 2.75. The number of rotatable bonds is 5. The summed E-state index contributed by atoms with van der Waals surface area (Å²) in [7, 11) is 0. The van der Waals surface area contributed by atoms with Crippen LogP contribution in [0.5, 0.6) is 5.75 Å². The molecule has 6 heteroatoms. The maximum atomic E-state index is 12.6. The normalized spacial score (nSPS) is 15.2. The van der Waals surface area contributed by atoms with Crippen molar-refractivity contribution < 1.29 is 69.1 Å². The quantitative estimate of drug-likeness (QED) is 0.679. The Kier molecular flexibility index (Phi) is 6.06. The fraction of sp³-hybridized carbons (Fsp3) is 0.455. The van der Waals surface area contributed by atoms with Gasteiger partial charge in [0.05, 0.1) is 12.4 Å². The molecule has 2 rings (SSSR count). The molecule has 0 amide bonds. The predicted molar refractivity (Wildman–Crippen MR) is 58.0 cm³/mol. The van der Waals surface area contributed by atoms with E-state index in [4.69, 9.17) is 4.74 Å². The zero-order chi connectivity index (χ0) is 11.6. The van der Waals surface area contributed by atoms with Crippen molar-refractivity contribution >= 4 is 12.4 Å². The molecule has 1 nitrogen and oxygen atoms in total. The van der Waals surface area contributed by atoms with Crippen LogP contribution in [0.15, 0.2) is 24.3 Å². The Labute approximate surface area is 142 Å². The number of hydrogen-bond acceptors (Lipinski definition) is 1. The Balaban J connectivity index is 0.00000144. The first-order valence-corrected chi connectivity index (χ1v) is 5.49. The van der Waals surface area contributed by atoms with E-state index < -0.39 is 12.4 Å². The Morgan fingerprint density at radius 2 is 1.82 bits per heavy atom. The molecule has 0 atom stereocenters. The molecule has 1 aromatic rings. The molecule has 1 aliphatic rings. The van der Waals surface area contributed by atoms with Crippen LogP contribution in [0.4, 0.5) is 12.9 Å². The van der Waals surface area contributed by atoms with Gasteiger partial charge in [-0.2, -0.15) is 0 Å². The fourth-order valence-corrected chi connectivity index (χ4v) is 1.62. The molecule has 0 spiro atoms. The van der Waals surface area contributed by atoms with Gasteiger partial charge in [-0.1, -0.05) is 36.5 Å². The summed E-state index contributed by atoms with van der Waals surface area (Å²) in [5.74, 6) is 0.638. The zero-order valence-electron chi connectivity index (χ0n) is 9.83. The number of halogens is 3. The first kappa shape index (κ1) is 15.6. The summed E-state index contributed by atoms with van der Waals surface area (Å²) < 4.78 is 43.1. The van der Waals surface area contributed by atoms with Gasteiger partial charge < -0.3 is 17.7 Å². The molecule has 88 valence electrons. The molecule has 1 saturated carbocycles. The van der Waals surface area contributed by atoms with Crippen LogP contribution >= 0.6 is 0 Å². The molecule has 0 unspecified atom stereocenters. The average Bonchev–Trinajstić information content (AvgIpc) is 3.01. The molecule has 0 aromatic heterocycles. The van der Waals surface area contributed by atoms with Gasteiger partial charge >= 0.3 is 58.4 Å². The smallest absolute Gasteiger partial charge is 0.497 e. The SMILES string of the molecule is F[B-](F)(F)c1ccccc1OCCC1CC1.[K+]. The maximum Gasteiger partial charge on any atom is 1.00 e. The molecule has 1 aromatic carbocycles. The van der Waals surface area contributed by atoms with Crippen LogP contribution in [0.1, 0.15) is 19.3 Å². The number of benzene rings is 1. The van der Waals surface area contributed by atoms with Crippen LogP contribution in [0, 0.1) is 5.92 Å². The van der Waals surface area contributed by atoms with Crippen LogP contribution in [0.2, 0.25) is 0 Å². The zero-order valence-corrected chi connectivity index (χ0v) is 13.0. The molecule has 0 bridgehead atoms. The summed E-state index contributed by atoms with van der Waals surface area (Å²) in [4.78, 5) is 0. The number of para-hydroxylation sites is 1. The summed E-state index contributed by atoms with van der Waals surface area (Å²) >= 11 is 0. The largest absolute Gasteiger partial charge is 1.00 e.